The molecular weight excluding hydrogens is 148 g/mol. The molecule has 2 unspecified atom stereocenters. The molecule has 2 aliphatic rings. The van der Waals surface area contributed by atoms with Crippen LogP contribution in [0.15, 0.2) is 0 Å². The van der Waals surface area contributed by atoms with Gasteiger partial charge in [-0.25, -0.2) is 0 Å². The highest BCUT2D eigenvalue weighted by atomic mass is 16.3. The number of hydrogen-bond donors (Lipinski definition) is 1. The van der Waals surface area contributed by atoms with Gasteiger partial charge < -0.3 is 5.11 Å². The van der Waals surface area contributed by atoms with Gasteiger partial charge >= 0.3 is 0 Å². The molecule has 1 N–H and O–H groups in total. The van der Waals surface area contributed by atoms with Crippen molar-refractivity contribution in [1.82, 2.24) is 0 Å². The van der Waals surface area contributed by atoms with E-state index in [4.69, 9.17) is 5.11 Å². The van der Waals surface area contributed by atoms with Crippen LogP contribution in [0.2, 0.25) is 0 Å². The molecular formula is C11H20O. The lowest BCUT2D eigenvalue weighted by atomic mass is 9.65. The van der Waals surface area contributed by atoms with Gasteiger partial charge in [-0.3, -0.25) is 0 Å². The van der Waals surface area contributed by atoms with Crippen molar-refractivity contribution in [3.05, 3.63) is 0 Å². The van der Waals surface area contributed by atoms with E-state index in [9.17, 15) is 0 Å². The van der Waals surface area contributed by atoms with E-state index in [2.05, 4.69) is 6.92 Å². The zero-order valence-corrected chi connectivity index (χ0v) is 8.00. The summed E-state index contributed by atoms with van der Waals surface area (Å²) in [5.74, 6) is 3.49. The fourth-order valence-corrected chi connectivity index (χ4v) is 3.47. The average Bonchev–Trinajstić information content (AvgIpc) is 2.02. The number of hydrogen-bond acceptors (Lipinski definition) is 1. The summed E-state index contributed by atoms with van der Waals surface area (Å²) >= 11 is 0. The Morgan fingerprint density at radius 2 is 1.58 bits per heavy atom. The van der Waals surface area contributed by atoms with Gasteiger partial charge in [0, 0.05) is 6.61 Å². The van der Waals surface area contributed by atoms with Gasteiger partial charge in [0.15, 0.2) is 0 Å². The smallest absolute Gasteiger partial charge is 0.0459 e. The van der Waals surface area contributed by atoms with Crippen molar-refractivity contribution >= 4 is 0 Å². The molecule has 2 aliphatic carbocycles. The minimum Gasteiger partial charge on any atom is -0.396 e. The highest BCUT2D eigenvalue weighted by molar-refractivity contribution is 4.85. The summed E-state index contributed by atoms with van der Waals surface area (Å²) in [5.41, 5.74) is 0. The predicted molar refractivity (Wildman–Crippen MR) is 49.8 cm³/mol. The van der Waals surface area contributed by atoms with Crippen molar-refractivity contribution in [2.45, 2.75) is 39.0 Å². The first-order valence-corrected chi connectivity index (χ1v) is 5.38. The van der Waals surface area contributed by atoms with Crippen LogP contribution in [-0.2, 0) is 0 Å². The first-order chi connectivity index (χ1) is 5.78. The van der Waals surface area contributed by atoms with Crippen LogP contribution in [-0.4, -0.2) is 11.7 Å². The highest BCUT2D eigenvalue weighted by Gasteiger charge is 2.33. The monoisotopic (exact) mass is 168 g/mol. The van der Waals surface area contributed by atoms with Gasteiger partial charge in [0.1, 0.15) is 0 Å². The first kappa shape index (κ1) is 8.55. The van der Waals surface area contributed by atoms with Crippen LogP contribution in [0.3, 0.4) is 0 Å². The first-order valence-electron chi connectivity index (χ1n) is 5.38. The Morgan fingerprint density at radius 1 is 1.00 bits per heavy atom. The van der Waals surface area contributed by atoms with E-state index in [1.807, 2.05) is 0 Å². The molecule has 0 spiro atoms. The van der Waals surface area contributed by atoms with E-state index in [-0.39, 0.29) is 0 Å². The molecule has 1 nitrogen and oxygen atoms in total. The second-order valence-electron chi connectivity index (χ2n) is 5.06. The standard InChI is InChI=1S/C11H20O/c1-8-2-9-4-10(3-8)6-11(5-9)7-12/h8-12H,2-7H2,1H3. The van der Waals surface area contributed by atoms with Crippen molar-refractivity contribution in [2.75, 3.05) is 6.61 Å². The number of aliphatic hydroxyl groups excluding tert-OH is 1. The zero-order chi connectivity index (χ0) is 8.55. The van der Waals surface area contributed by atoms with E-state index in [0.717, 1.165) is 17.8 Å². The molecule has 0 aromatic rings. The van der Waals surface area contributed by atoms with Gasteiger partial charge in [-0.15, -0.1) is 0 Å². The molecule has 0 heterocycles. The Balaban J connectivity index is 1.96. The Hall–Kier alpha value is -0.0400. The van der Waals surface area contributed by atoms with Crippen molar-refractivity contribution in [2.24, 2.45) is 23.7 Å². The van der Waals surface area contributed by atoms with Crippen molar-refractivity contribution in [3.8, 4) is 0 Å². The molecule has 2 rings (SSSR count). The Morgan fingerprint density at radius 3 is 2.08 bits per heavy atom. The second-order valence-corrected chi connectivity index (χ2v) is 5.06. The fourth-order valence-electron chi connectivity index (χ4n) is 3.47. The molecule has 0 aromatic carbocycles. The van der Waals surface area contributed by atoms with E-state index in [1.54, 1.807) is 0 Å². The van der Waals surface area contributed by atoms with Crippen molar-refractivity contribution < 1.29 is 5.11 Å². The van der Waals surface area contributed by atoms with Gasteiger partial charge in [-0.2, -0.15) is 0 Å². The van der Waals surface area contributed by atoms with Gasteiger partial charge in [-0.05, 0) is 55.8 Å². The van der Waals surface area contributed by atoms with Crippen molar-refractivity contribution in [3.63, 3.8) is 0 Å². The maximum atomic E-state index is 9.11. The van der Waals surface area contributed by atoms with Crippen LogP contribution in [0.5, 0.6) is 0 Å². The molecule has 0 amide bonds. The lowest BCUT2D eigenvalue weighted by molar-refractivity contribution is 0.0711. The molecule has 0 saturated heterocycles. The molecule has 2 fully saturated rings. The number of aliphatic hydroxyl groups is 1. The average molecular weight is 168 g/mol. The maximum Gasteiger partial charge on any atom is 0.0459 e. The zero-order valence-electron chi connectivity index (χ0n) is 8.00. The van der Waals surface area contributed by atoms with Crippen LogP contribution in [0.4, 0.5) is 0 Å². The van der Waals surface area contributed by atoms with Crippen LogP contribution < -0.4 is 0 Å². The van der Waals surface area contributed by atoms with Crippen LogP contribution >= 0.6 is 0 Å². The molecule has 2 atom stereocenters. The highest BCUT2D eigenvalue weighted by Crippen LogP contribution is 2.44. The van der Waals surface area contributed by atoms with Gasteiger partial charge in [0.05, 0.1) is 0 Å². The molecule has 2 saturated carbocycles. The molecule has 12 heavy (non-hydrogen) atoms. The third-order valence-electron chi connectivity index (χ3n) is 3.73. The summed E-state index contributed by atoms with van der Waals surface area (Å²) < 4.78 is 0. The summed E-state index contributed by atoms with van der Waals surface area (Å²) in [6, 6.07) is 0. The van der Waals surface area contributed by atoms with E-state index < -0.39 is 0 Å². The van der Waals surface area contributed by atoms with Crippen LogP contribution in [0.25, 0.3) is 0 Å². The summed E-state index contributed by atoms with van der Waals surface area (Å²) in [5, 5.41) is 9.11. The third kappa shape index (κ3) is 1.66. The third-order valence-corrected chi connectivity index (χ3v) is 3.73. The topological polar surface area (TPSA) is 20.2 Å². The van der Waals surface area contributed by atoms with E-state index >= 15 is 0 Å². The van der Waals surface area contributed by atoms with Crippen molar-refractivity contribution in [1.29, 1.82) is 0 Å². The summed E-state index contributed by atoms with van der Waals surface area (Å²) in [6.45, 7) is 2.82. The number of fused-ring (bicyclic) bond motifs is 2. The Kier molecular flexibility index (Phi) is 2.40. The minimum atomic E-state index is 0.432. The lowest BCUT2D eigenvalue weighted by Crippen LogP contribution is -2.31. The quantitative estimate of drug-likeness (QED) is 0.637. The van der Waals surface area contributed by atoms with Gasteiger partial charge in [-0.1, -0.05) is 6.92 Å². The molecule has 2 bridgehead atoms. The molecule has 0 aliphatic heterocycles. The molecule has 1 heteroatoms. The molecule has 0 radical (unpaired) electrons. The van der Waals surface area contributed by atoms with Crippen LogP contribution in [0.1, 0.15) is 39.0 Å². The Bertz CT molecular complexity index is 137. The van der Waals surface area contributed by atoms with Crippen LogP contribution in [0, 0.1) is 23.7 Å². The maximum absolute atomic E-state index is 9.11. The van der Waals surface area contributed by atoms with Gasteiger partial charge in [0.2, 0.25) is 0 Å². The SMILES string of the molecule is CC1CC2CC(CO)CC(C1)C2. The minimum absolute atomic E-state index is 0.432. The number of rotatable bonds is 1. The van der Waals surface area contributed by atoms with E-state index in [0.29, 0.717) is 12.5 Å². The normalized spacial score (nSPS) is 47.5. The summed E-state index contributed by atoms with van der Waals surface area (Å²) in [6.07, 6.45) is 6.91. The second kappa shape index (κ2) is 3.37. The van der Waals surface area contributed by atoms with Gasteiger partial charge in [0.25, 0.3) is 0 Å². The summed E-state index contributed by atoms with van der Waals surface area (Å²) in [7, 11) is 0. The lowest BCUT2D eigenvalue weighted by Gasteiger charge is -2.41. The molecule has 70 valence electrons. The fraction of sp³-hybridized carbons (Fsp3) is 1.00. The molecule has 0 aromatic heterocycles. The summed E-state index contributed by atoms with van der Waals surface area (Å²) in [4.78, 5) is 0. The largest absolute Gasteiger partial charge is 0.396 e. The van der Waals surface area contributed by atoms with E-state index in [1.165, 1.54) is 32.1 Å². The Labute approximate surface area is 75.2 Å². The predicted octanol–water partition coefficient (Wildman–Crippen LogP) is 2.44.